The predicted octanol–water partition coefficient (Wildman–Crippen LogP) is 0.828. The van der Waals surface area contributed by atoms with Crippen molar-refractivity contribution in [2.75, 3.05) is 45.4 Å². The van der Waals surface area contributed by atoms with E-state index in [-0.39, 0.29) is 0 Å². The fraction of sp³-hybridized carbons (Fsp3) is 0.714. The summed E-state index contributed by atoms with van der Waals surface area (Å²) in [4.78, 5) is 11.1. The first kappa shape index (κ1) is 15.2. The van der Waals surface area contributed by atoms with E-state index in [1.165, 1.54) is 12.8 Å². The molecule has 2 rings (SSSR count). The van der Waals surface area contributed by atoms with Gasteiger partial charge in [0.25, 0.3) is 0 Å². The van der Waals surface area contributed by atoms with Gasteiger partial charge in [0.2, 0.25) is 0 Å². The van der Waals surface area contributed by atoms with Crippen LogP contribution in [0.3, 0.4) is 0 Å². The lowest BCUT2D eigenvalue weighted by atomic mass is 10.4. The van der Waals surface area contributed by atoms with Gasteiger partial charge in [-0.2, -0.15) is 0 Å². The van der Waals surface area contributed by atoms with E-state index in [9.17, 15) is 0 Å². The van der Waals surface area contributed by atoms with E-state index in [0.29, 0.717) is 19.3 Å². The van der Waals surface area contributed by atoms with Crippen molar-refractivity contribution >= 4 is 5.82 Å². The molecule has 1 saturated carbocycles. The summed E-state index contributed by atoms with van der Waals surface area (Å²) in [6.45, 7) is 3.70. The molecule has 112 valence electrons. The van der Waals surface area contributed by atoms with Crippen LogP contribution in [0.1, 0.15) is 18.5 Å². The number of hydrogen-bond acceptors (Lipinski definition) is 6. The average Bonchev–Trinajstić information content (AvgIpc) is 3.30. The van der Waals surface area contributed by atoms with E-state index in [1.807, 2.05) is 12.4 Å². The summed E-state index contributed by atoms with van der Waals surface area (Å²) in [5.74, 6) is 0.870. The van der Waals surface area contributed by atoms with Gasteiger partial charge in [0.05, 0.1) is 31.3 Å². The molecule has 0 bridgehead atoms. The van der Waals surface area contributed by atoms with Gasteiger partial charge in [0.1, 0.15) is 5.82 Å². The maximum absolute atomic E-state index is 5.13. The van der Waals surface area contributed by atoms with Crippen LogP contribution >= 0.6 is 0 Å². The molecule has 1 N–H and O–H groups in total. The Hall–Kier alpha value is -1.24. The second-order valence-electron chi connectivity index (χ2n) is 4.99. The van der Waals surface area contributed by atoms with Crippen molar-refractivity contribution in [3.8, 4) is 0 Å². The number of nitrogens with zero attached hydrogens (tertiary/aromatic N) is 3. The molecule has 0 aromatic carbocycles. The molecular weight excluding hydrogens is 256 g/mol. The second kappa shape index (κ2) is 8.14. The Balaban J connectivity index is 1.88. The second-order valence-corrected chi connectivity index (χ2v) is 4.99. The van der Waals surface area contributed by atoms with Crippen LogP contribution in [0.25, 0.3) is 0 Å². The van der Waals surface area contributed by atoms with Gasteiger partial charge in [-0.3, -0.25) is 4.98 Å². The first-order valence-corrected chi connectivity index (χ1v) is 7.10. The van der Waals surface area contributed by atoms with E-state index >= 15 is 0 Å². The van der Waals surface area contributed by atoms with Crippen molar-refractivity contribution in [2.45, 2.75) is 25.4 Å². The van der Waals surface area contributed by atoms with Crippen molar-refractivity contribution in [1.29, 1.82) is 0 Å². The topological polar surface area (TPSA) is 59.5 Å². The molecule has 0 unspecified atom stereocenters. The Morgan fingerprint density at radius 2 is 1.85 bits per heavy atom. The molecule has 1 aromatic heterocycles. The van der Waals surface area contributed by atoms with Crippen LogP contribution in [0.5, 0.6) is 0 Å². The normalized spacial score (nSPS) is 14.5. The molecule has 0 atom stereocenters. The molecule has 0 spiro atoms. The summed E-state index contributed by atoms with van der Waals surface area (Å²) in [6.07, 6.45) is 6.24. The van der Waals surface area contributed by atoms with Crippen LogP contribution in [-0.4, -0.2) is 56.5 Å². The fourth-order valence-electron chi connectivity index (χ4n) is 1.88. The molecule has 1 aromatic rings. The molecule has 0 saturated heterocycles. The summed E-state index contributed by atoms with van der Waals surface area (Å²) >= 11 is 0. The SMILES string of the molecule is COCCN(CCOC)c1cnc(CNC2CC2)cn1. The largest absolute Gasteiger partial charge is 0.383 e. The smallest absolute Gasteiger partial charge is 0.147 e. The molecule has 20 heavy (non-hydrogen) atoms. The Labute approximate surface area is 120 Å². The number of rotatable bonds is 10. The zero-order valence-electron chi connectivity index (χ0n) is 12.3. The summed E-state index contributed by atoms with van der Waals surface area (Å²) in [5.41, 5.74) is 0.985. The number of ether oxygens (including phenoxy) is 2. The third-order valence-electron chi connectivity index (χ3n) is 3.30. The lowest BCUT2D eigenvalue weighted by Crippen LogP contribution is -2.31. The Morgan fingerprint density at radius 3 is 2.35 bits per heavy atom. The molecule has 6 heteroatoms. The van der Waals surface area contributed by atoms with Gasteiger partial charge in [-0.15, -0.1) is 0 Å². The number of methoxy groups -OCH3 is 2. The van der Waals surface area contributed by atoms with E-state index in [4.69, 9.17) is 9.47 Å². The van der Waals surface area contributed by atoms with Crippen molar-refractivity contribution in [1.82, 2.24) is 15.3 Å². The van der Waals surface area contributed by atoms with E-state index in [1.54, 1.807) is 14.2 Å². The molecule has 1 heterocycles. The van der Waals surface area contributed by atoms with Gasteiger partial charge < -0.3 is 19.7 Å². The van der Waals surface area contributed by atoms with Crippen LogP contribution in [-0.2, 0) is 16.0 Å². The third-order valence-corrected chi connectivity index (χ3v) is 3.30. The van der Waals surface area contributed by atoms with Crippen LogP contribution < -0.4 is 10.2 Å². The maximum Gasteiger partial charge on any atom is 0.147 e. The van der Waals surface area contributed by atoms with Gasteiger partial charge >= 0.3 is 0 Å². The van der Waals surface area contributed by atoms with E-state index in [2.05, 4.69) is 20.2 Å². The van der Waals surface area contributed by atoms with Crippen LogP contribution in [0.4, 0.5) is 5.82 Å². The van der Waals surface area contributed by atoms with Crippen molar-refractivity contribution in [3.63, 3.8) is 0 Å². The minimum Gasteiger partial charge on any atom is -0.383 e. The summed E-state index contributed by atoms with van der Waals surface area (Å²) < 4.78 is 10.3. The summed E-state index contributed by atoms with van der Waals surface area (Å²) in [7, 11) is 3.40. The summed E-state index contributed by atoms with van der Waals surface area (Å²) in [5, 5.41) is 3.43. The molecule has 1 fully saturated rings. The molecule has 0 amide bonds. The first-order chi connectivity index (χ1) is 9.83. The number of anilines is 1. The fourth-order valence-corrected chi connectivity index (χ4v) is 1.88. The number of aromatic nitrogens is 2. The van der Waals surface area contributed by atoms with Gasteiger partial charge in [0.15, 0.2) is 0 Å². The van der Waals surface area contributed by atoms with Gasteiger partial charge in [-0.1, -0.05) is 0 Å². The van der Waals surface area contributed by atoms with Crippen molar-refractivity contribution in [2.24, 2.45) is 0 Å². The molecule has 1 aliphatic rings. The predicted molar refractivity (Wildman–Crippen MR) is 77.9 cm³/mol. The lowest BCUT2D eigenvalue weighted by Gasteiger charge is -2.22. The average molecular weight is 280 g/mol. The van der Waals surface area contributed by atoms with Crippen molar-refractivity contribution < 1.29 is 9.47 Å². The van der Waals surface area contributed by atoms with Crippen molar-refractivity contribution in [3.05, 3.63) is 18.1 Å². The summed E-state index contributed by atoms with van der Waals surface area (Å²) in [6, 6.07) is 0.691. The van der Waals surface area contributed by atoms with Gasteiger partial charge in [-0.05, 0) is 12.8 Å². The lowest BCUT2D eigenvalue weighted by molar-refractivity contribution is 0.190. The highest BCUT2D eigenvalue weighted by molar-refractivity contribution is 5.35. The Kier molecular flexibility index (Phi) is 6.17. The maximum atomic E-state index is 5.13. The molecular formula is C14H24N4O2. The minimum absolute atomic E-state index is 0.663. The molecule has 0 radical (unpaired) electrons. The minimum atomic E-state index is 0.663. The third kappa shape index (κ3) is 5.03. The van der Waals surface area contributed by atoms with Crippen LogP contribution in [0.2, 0.25) is 0 Å². The number of nitrogens with one attached hydrogen (secondary N) is 1. The highest BCUT2D eigenvalue weighted by Gasteiger charge is 2.20. The Bertz CT molecular complexity index is 373. The van der Waals surface area contributed by atoms with E-state index in [0.717, 1.165) is 31.1 Å². The zero-order chi connectivity index (χ0) is 14.2. The molecule has 0 aliphatic heterocycles. The quantitative estimate of drug-likeness (QED) is 0.685. The van der Waals surface area contributed by atoms with E-state index < -0.39 is 0 Å². The number of hydrogen-bond donors (Lipinski definition) is 1. The molecule has 6 nitrogen and oxygen atoms in total. The monoisotopic (exact) mass is 280 g/mol. The van der Waals surface area contributed by atoms with Crippen LogP contribution in [0.15, 0.2) is 12.4 Å². The van der Waals surface area contributed by atoms with Crippen LogP contribution in [0, 0.1) is 0 Å². The zero-order valence-corrected chi connectivity index (χ0v) is 12.3. The highest BCUT2D eigenvalue weighted by Crippen LogP contribution is 2.19. The van der Waals surface area contributed by atoms with Gasteiger partial charge in [0, 0.05) is 39.9 Å². The molecule has 1 aliphatic carbocycles. The Morgan fingerprint density at radius 1 is 1.15 bits per heavy atom. The first-order valence-electron chi connectivity index (χ1n) is 7.10. The highest BCUT2D eigenvalue weighted by atomic mass is 16.5. The van der Waals surface area contributed by atoms with Gasteiger partial charge in [-0.25, -0.2) is 4.98 Å². The standard InChI is InChI=1S/C14H24N4O2/c1-19-7-5-18(6-8-20-2)14-11-16-13(10-17-14)9-15-12-3-4-12/h10-12,15H,3-9H2,1-2H3.